The van der Waals surface area contributed by atoms with Crippen LogP contribution in [0.5, 0.6) is 0 Å². The minimum atomic E-state index is 0.381. The highest BCUT2D eigenvalue weighted by molar-refractivity contribution is 7.80. The van der Waals surface area contributed by atoms with Gasteiger partial charge >= 0.3 is 0 Å². The Morgan fingerprint density at radius 2 is 2.35 bits per heavy atom. The molecule has 0 spiro atoms. The average molecular weight is 268 g/mol. The minimum Gasteiger partial charge on any atom is -0.393 e. The molecular weight excluding hydrogens is 248 g/mol. The van der Waals surface area contributed by atoms with E-state index in [0.717, 1.165) is 13.0 Å². The van der Waals surface area contributed by atoms with Gasteiger partial charge in [-0.1, -0.05) is 18.3 Å². The summed E-state index contributed by atoms with van der Waals surface area (Å²) in [5, 5.41) is 2.14. The normalized spacial score (nSPS) is 19.2. The molecule has 0 bridgehead atoms. The van der Waals surface area contributed by atoms with Gasteiger partial charge in [0.2, 0.25) is 0 Å². The van der Waals surface area contributed by atoms with Gasteiger partial charge in [0, 0.05) is 23.9 Å². The molecule has 2 rings (SSSR count). The fraction of sp³-hybridized carbons (Fsp3) is 0.615. The smallest absolute Gasteiger partial charge is 0.0733 e. The molecule has 1 aliphatic carbocycles. The van der Waals surface area contributed by atoms with Crippen molar-refractivity contribution in [2.45, 2.75) is 32.2 Å². The summed E-state index contributed by atoms with van der Waals surface area (Å²) < 4.78 is 0. The second-order valence-corrected chi connectivity index (χ2v) is 6.75. The molecule has 0 aromatic carbocycles. The Morgan fingerprint density at radius 3 is 2.82 bits per heavy atom. The zero-order chi connectivity index (χ0) is 12.5. The molecule has 17 heavy (non-hydrogen) atoms. The maximum atomic E-state index is 5.68. The molecule has 0 aliphatic heterocycles. The summed E-state index contributed by atoms with van der Waals surface area (Å²) in [7, 11) is 2.20. The van der Waals surface area contributed by atoms with Crippen molar-refractivity contribution < 1.29 is 0 Å². The van der Waals surface area contributed by atoms with Crippen molar-refractivity contribution in [1.29, 1.82) is 0 Å². The Labute approximate surface area is 113 Å². The molecule has 0 amide bonds. The van der Waals surface area contributed by atoms with Crippen LogP contribution in [0.3, 0.4) is 0 Å². The van der Waals surface area contributed by atoms with E-state index >= 15 is 0 Å². The number of thiophene rings is 1. The van der Waals surface area contributed by atoms with Crippen LogP contribution in [0, 0.1) is 5.41 Å². The number of hydrogen-bond donors (Lipinski definition) is 1. The van der Waals surface area contributed by atoms with Crippen LogP contribution < -0.4 is 5.73 Å². The third kappa shape index (κ3) is 3.27. The molecule has 1 aromatic rings. The number of nitrogens with two attached hydrogens (primary N) is 1. The van der Waals surface area contributed by atoms with Crippen LogP contribution in [-0.4, -0.2) is 23.5 Å². The maximum absolute atomic E-state index is 5.68. The summed E-state index contributed by atoms with van der Waals surface area (Å²) in [6.45, 7) is 3.37. The predicted molar refractivity (Wildman–Crippen MR) is 78.4 cm³/mol. The van der Waals surface area contributed by atoms with Gasteiger partial charge in [0.25, 0.3) is 0 Å². The molecule has 1 unspecified atom stereocenters. The molecule has 1 atom stereocenters. The first-order valence-electron chi connectivity index (χ1n) is 6.04. The van der Waals surface area contributed by atoms with Crippen molar-refractivity contribution in [3.63, 3.8) is 0 Å². The Morgan fingerprint density at radius 1 is 1.65 bits per heavy atom. The molecule has 1 saturated carbocycles. The molecule has 4 heteroatoms. The van der Waals surface area contributed by atoms with Gasteiger partial charge in [0.05, 0.1) is 4.99 Å². The maximum Gasteiger partial charge on any atom is 0.0733 e. The average Bonchev–Trinajstić information content (AvgIpc) is 2.82. The second-order valence-electron chi connectivity index (χ2n) is 5.25. The van der Waals surface area contributed by atoms with Gasteiger partial charge in [-0.3, -0.25) is 4.90 Å². The van der Waals surface area contributed by atoms with Gasteiger partial charge < -0.3 is 5.73 Å². The van der Waals surface area contributed by atoms with Crippen LogP contribution >= 0.6 is 23.6 Å². The van der Waals surface area contributed by atoms with E-state index in [2.05, 4.69) is 36.4 Å². The molecule has 2 N–H and O–H groups in total. The highest BCUT2D eigenvalue weighted by Crippen LogP contribution is 2.50. The van der Waals surface area contributed by atoms with Crippen LogP contribution in [0.4, 0.5) is 0 Å². The summed E-state index contributed by atoms with van der Waals surface area (Å²) in [5.74, 6) is 0. The highest BCUT2D eigenvalue weighted by Gasteiger charge is 2.44. The molecule has 1 fully saturated rings. The summed E-state index contributed by atoms with van der Waals surface area (Å²) in [4.78, 5) is 4.52. The van der Waals surface area contributed by atoms with E-state index in [9.17, 15) is 0 Å². The van der Waals surface area contributed by atoms with E-state index in [1.807, 2.05) is 11.3 Å². The van der Waals surface area contributed by atoms with E-state index < -0.39 is 0 Å². The monoisotopic (exact) mass is 268 g/mol. The molecule has 0 radical (unpaired) electrons. The standard InChI is InChI=1S/C13H20N2S2/c1-10(11-4-3-7-17-11)15(2)9-13(5-6-13)8-12(14)16/h3-4,7,10H,5-6,8-9H2,1-2H3,(H2,14,16). The lowest BCUT2D eigenvalue weighted by atomic mass is 10.0. The predicted octanol–water partition coefficient (Wildman–Crippen LogP) is 3.20. The first-order chi connectivity index (χ1) is 8.02. The van der Waals surface area contributed by atoms with Crippen LogP contribution in [0.1, 0.15) is 37.1 Å². The summed E-state index contributed by atoms with van der Waals surface area (Å²) in [6.07, 6.45) is 3.45. The van der Waals surface area contributed by atoms with Gasteiger partial charge in [-0.2, -0.15) is 0 Å². The molecule has 2 nitrogen and oxygen atoms in total. The first kappa shape index (κ1) is 13.0. The van der Waals surface area contributed by atoms with Crippen molar-refractivity contribution >= 4 is 28.5 Å². The quantitative estimate of drug-likeness (QED) is 0.803. The Hall–Kier alpha value is -0.450. The van der Waals surface area contributed by atoms with Crippen molar-refractivity contribution in [2.75, 3.05) is 13.6 Å². The summed E-state index contributed by atoms with van der Waals surface area (Å²) in [6, 6.07) is 4.81. The van der Waals surface area contributed by atoms with Gasteiger partial charge in [-0.05, 0) is 43.7 Å². The number of hydrogen-bond acceptors (Lipinski definition) is 3. The Kier molecular flexibility index (Phi) is 3.85. The van der Waals surface area contributed by atoms with E-state index in [1.165, 1.54) is 17.7 Å². The molecule has 1 aliphatic rings. The van der Waals surface area contributed by atoms with Gasteiger partial charge in [-0.25, -0.2) is 0 Å². The SMILES string of the molecule is CC(c1cccs1)N(C)CC1(CC(N)=S)CC1. The van der Waals surface area contributed by atoms with Crippen LogP contribution in [0.15, 0.2) is 17.5 Å². The summed E-state index contributed by atoms with van der Waals surface area (Å²) >= 11 is 6.87. The number of nitrogens with zero attached hydrogens (tertiary/aromatic N) is 1. The van der Waals surface area contributed by atoms with E-state index in [4.69, 9.17) is 18.0 Å². The summed E-state index contributed by atoms with van der Waals surface area (Å²) in [5.41, 5.74) is 6.06. The molecule has 94 valence electrons. The van der Waals surface area contributed by atoms with Crippen LogP contribution in [0.25, 0.3) is 0 Å². The lowest BCUT2D eigenvalue weighted by Crippen LogP contribution is -2.31. The minimum absolute atomic E-state index is 0.381. The molecular formula is C13H20N2S2. The lowest BCUT2D eigenvalue weighted by molar-refractivity contribution is 0.214. The largest absolute Gasteiger partial charge is 0.393 e. The van der Waals surface area contributed by atoms with E-state index in [1.54, 1.807) is 0 Å². The zero-order valence-electron chi connectivity index (χ0n) is 10.5. The molecule has 0 saturated heterocycles. The van der Waals surface area contributed by atoms with Crippen molar-refractivity contribution in [3.8, 4) is 0 Å². The van der Waals surface area contributed by atoms with E-state index in [-0.39, 0.29) is 0 Å². The highest BCUT2D eigenvalue weighted by atomic mass is 32.1. The van der Waals surface area contributed by atoms with Crippen LogP contribution in [-0.2, 0) is 0 Å². The van der Waals surface area contributed by atoms with Crippen molar-refractivity contribution in [1.82, 2.24) is 4.90 Å². The Balaban J connectivity index is 1.93. The topological polar surface area (TPSA) is 29.3 Å². The number of thiocarbonyl (C=S) groups is 1. The third-order valence-corrected chi connectivity index (χ3v) is 4.89. The van der Waals surface area contributed by atoms with E-state index in [0.29, 0.717) is 16.4 Å². The van der Waals surface area contributed by atoms with Gasteiger partial charge in [-0.15, -0.1) is 11.3 Å². The van der Waals surface area contributed by atoms with Crippen molar-refractivity contribution in [3.05, 3.63) is 22.4 Å². The van der Waals surface area contributed by atoms with Gasteiger partial charge in [0.1, 0.15) is 0 Å². The Bertz CT molecular complexity index is 382. The second kappa shape index (κ2) is 5.04. The lowest BCUT2D eigenvalue weighted by Gasteiger charge is -2.28. The fourth-order valence-corrected chi connectivity index (χ4v) is 3.50. The first-order valence-corrected chi connectivity index (χ1v) is 7.33. The third-order valence-electron chi connectivity index (χ3n) is 3.71. The van der Waals surface area contributed by atoms with Gasteiger partial charge in [0.15, 0.2) is 0 Å². The van der Waals surface area contributed by atoms with Crippen molar-refractivity contribution in [2.24, 2.45) is 11.1 Å². The molecule has 1 aromatic heterocycles. The molecule has 1 heterocycles. The van der Waals surface area contributed by atoms with Crippen LogP contribution in [0.2, 0.25) is 0 Å². The zero-order valence-corrected chi connectivity index (χ0v) is 12.1. The number of rotatable bonds is 6. The fourth-order valence-electron chi connectivity index (χ4n) is 2.35.